The maximum atomic E-state index is 13.3. The van der Waals surface area contributed by atoms with Crippen LogP contribution in [0.15, 0.2) is 18.2 Å². The minimum absolute atomic E-state index is 0.247. The minimum atomic E-state index is 0.247. The van der Waals surface area contributed by atoms with E-state index in [9.17, 15) is 4.79 Å². The van der Waals surface area contributed by atoms with Crippen molar-refractivity contribution in [2.75, 3.05) is 11.4 Å². The number of benzene rings is 1. The summed E-state index contributed by atoms with van der Waals surface area (Å²) in [5.41, 5.74) is 3.97. The van der Waals surface area contributed by atoms with Gasteiger partial charge in [-0.15, -0.1) is 0 Å². The molecule has 0 bridgehead atoms. The lowest BCUT2D eigenvalue weighted by molar-refractivity contribution is -0.123. The quantitative estimate of drug-likeness (QED) is 0.371. The summed E-state index contributed by atoms with van der Waals surface area (Å²) in [6.07, 6.45) is 13.1. The minimum Gasteiger partial charge on any atom is -0.312 e. The third-order valence-electron chi connectivity index (χ3n) is 6.87. The van der Waals surface area contributed by atoms with Crippen molar-refractivity contribution >= 4 is 27.5 Å². The molecular weight excluding hydrogens is 422 g/mol. The highest BCUT2D eigenvalue weighted by Crippen LogP contribution is 2.36. The van der Waals surface area contributed by atoms with E-state index >= 15 is 0 Å². The molecule has 1 aromatic carbocycles. The van der Waals surface area contributed by atoms with E-state index in [1.165, 1.54) is 55.3 Å². The van der Waals surface area contributed by atoms with E-state index in [1.807, 2.05) is 0 Å². The van der Waals surface area contributed by atoms with E-state index in [0.29, 0.717) is 16.7 Å². The Kier molecular flexibility index (Phi) is 8.65. The Morgan fingerprint density at radius 2 is 1.97 bits per heavy atom. The van der Waals surface area contributed by atoms with Gasteiger partial charge >= 0.3 is 0 Å². The summed E-state index contributed by atoms with van der Waals surface area (Å²) in [6.45, 7) is 7.73. The van der Waals surface area contributed by atoms with Crippen LogP contribution in [0, 0.1) is 17.8 Å². The highest BCUT2D eigenvalue weighted by atomic mass is 79.9. The normalized spacial score (nSPS) is 23.1. The molecular formula is C26H40BrNO. The fourth-order valence-electron chi connectivity index (χ4n) is 5.27. The number of carbonyl (C=O) groups is 1. The summed E-state index contributed by atoms with van der Waals surface area (Å²) in [5, 5.41) is 0. The third-order valence-corrected chi connectivity index (χ3v) is 7.57. The molecule has 1 amide bonds. The maximum Gasteiger partial charge on any atom is 0.230 e. The van der Waals surface area contributed by atoms with Gasteiger partial charge in [-0.3, -0.25) is 4.79 Å². The second kappa shape index (κ2) is 11.0. The van der Waals surface area contributed by atoms with E-state index in [1.54, 1.807) is 0 Å². The Morgan fingerprint density at radius 1 is 1.21 bits per heavy atom. The van der Waals surface area contributed by atoms with Gasteiger partial charge in [0.1, 0.15) is 0 Å². The number of anilines is 1. The molecule has 29 heavy (non-hydrogen) atoms. The van der Waals surface area contributed by atoms with Crippen LogP contribution in [-0.4, -0.2) is 17.3 Å². The number of carbonyl (C=O) groups excluding carboxylic acids is 1. The monoisotopic (exact) mass is 461 g/mol. The van der Waals surface area contributed by atoms with E-state index in [0.717, 1.165) is 44.6 Å². The number of hydrogen-bond donors (Lipinski definition) is 0. The van der Waals surface area contributed by atoms with Gasteiger partial charge in [-0.05, 0) is 80.4 Å². The molecule has 0 N–H and O–H groups in total. The first-order valence-electron chi connectivity index (χ1n) is 12.0. The number of alkyl halides is 1. The van der Waals surface area contributed by atoms with Crippen LogP contribution in [0.25, 0.3) is 0 Å². The molecule has 1 unspecified atom stereocenters. The SMILES string of the molecule is CCCCC1CCC(C(=O)N2CCCc3cc(CC(Br)CC(C)C)ccc32)CC1. The summed E-state index contributed by atoms with van der Waals surface area (Å²) in [7, 11) is 0. The van der Waals surface area contributed by atoms with Crippen LogP contribution in [0.1, 0.15) is 89.7 Å². The third kappa shape index (κ3) is 6.32. The number of halogens is 1. The van der Waals surface area contributed by atoms with Crippen molar-refractivity contribution in [2.24, 2.45) is 17.8 Å². The van der Waals surface area contributed by atoms with Gasteiger partial charge in [0, 0.05) is 23.0 Å². The zero-order valence-corrected chi connectivity index (χ0v) is 20.3. The van der Waals surface area contributed by atoms with Gasteiger partial charge in [-0.2, -0.15) is 0 Å². The molecule has 1 fully saturated rings. The molecule has 0 radical (unpaired) electrons. The van der Waals surface area contributed by atoms with Crippen LogP contribution < -0.4 is 4.90 Å². The molecule has 1 heterocycles. The van der Waals surface area contributed by atoms with Crippen molar-refractivity contribution in [3.8, 4) is 0 Å². The second-order valence-corrected chi connectivity index (χ2v) is 11.1. The molecule has 1 atom stereocenters. The largest absolute Gasteiger partial charge is 0.312 e. The Labute approximate surface area is 187 Å². The number of hydrogen-bond acceptors (Lipinski definition) is 1. The van der Waals surface area contributed by atoms with Crippen molar-refractivity contribution in [1.82, 2.24) is 0 Å². The van der Waals surface area contributed by atoms with Crippen molar-refractivity contribution in [3.05, 3.63) is 29.3 Å². The van der Waals surface area contributed by atoms with Crippen molar-refractivity contribution < 1.29 is 4.79 Å². The number of fused-ring (bicyclic) bond motifs is 1. The molecule has 1 saturated carbocycles. The summed E-state index contributed by atoms with van der Waals surface area (Å²) < 4.78 is 0. The summed E-state index contributed by atoms with van der Waals surface area (Å²) in [6, 6.07) is 6.84. The molecule has 1 aliphatic heterocycles. The van der Waals surface area contributed by atoms with E-state index < -0.39 is 0 Å². The van der Waals surface area contributed by atoms with Crippen LogP contribution >= 0.6 is 15.9 Å². The zero-order chi connectivity index (χ0) is 20.8. The molecule has 3 rings (SSSR count). The number of amides is 1. The Balaban J connectivity index is 1.62. The first kappa shape index (κ1) is 22.8. The van der Waals surface area contributed by atoms with Crippen LogP contribution in [0.3, 0.4) is 0 Å². The molecule has 2 nitrogen and oxygen atoms in total. The Morgan fingerprint density at radius 3 is 2.66 bits per heavy atom. The molecule has 3 heteroatoms. The summed E-state index contributed by atoms with van der Waals surface area (Å²) >= 11 is 3.85. The zero-order valence-electron chi connectivity index (χ0n) is 18.8. The Hall–Kier alpha value is -0.830. The van der Waals surface area contributed by atoms with Gasteiger partial charge in [0.2, 0.25) is 5.91 Å². The smallest absolute Gasteiger partial charge is 0.230 e. The number of nitrogens with zero attached hydrogens (tertiary/aromatic N) is 1. The molecule has 0 spiro atoms. The maximum absolute atomic E-state index is 13.3. The number of aryl methyl sites for hydroxylation is 1. The van der Waals surface area contributed by atoms with E-state index in [4.69, 9.17) is 0 Å². The van der Waals surface area contributed by atoms with Gasteiger partial charge in [0.15, 0.2) is 0 Å². The van der Waals surface area contributed by atoms with Gasteiger partial charge in [0.05, 0.1) is 0 Å². The lowest BCUT2D eigenvalue weighted by Gasteiger charge is -2.35. The van der Waals surface area contributed by atoms with Crippen molar-refractivity contribution in [1.29, 1.82) is 0 Å². The number of unbranched alkanes of at least 4 members (excludes halogenated alkanes) is 1. The predicted molar refractivity (Wildman–Crippen MR) is 128 cm³/mol. The summed E-state index contributed by atoms with van der Waals surface area (Å²) in [5.74, 6) is 2.21. The standard InChI is InChI=1S/C26H40BrNO/c1-4-5-7-20-9-12-22(13-10-20)26(29)28-15-6-8-23-17-21(11-14-25(23)28)18-24(27)16-19(2)3/h11,14,17,19-20,22,24H,4-10,12-13,15-16,18H2,1-3H3. The topological polar surface area (TPSA) is 20.3 Å². The predicted octanol–water partition coefficient (Wildman–Crippen LogP) is 7.31. The van der Waals surface area contributed by atoms with Gasteiger partial charge in [-0.1, -0.05) is 68.1 Å². The molecule has 162 valence electrons. The second-order valence-electron chi connectivity index (χ2n) is 9.85. The van der Waals surface area contributed by atoms with Gasteiger partial charge in [0.25, 0.3) is 0 Å². The molecule has 1 aromatic rings. The van der Waals surface area contributed by atoms with Gasteiger partial charge < -0.3 is 4.90 Å². The summed E-state index contributed by atoms with van der Waals surface area (Å²) in [4.78, 5) is 16.0. The fraction of sp³-hybridized carbons (Fsp3) is 0.731. The first-order valence-corrected chi connectivity index (χ1v) is 13.0. The van der Waals surface area contributed by atoms with Crippen LogP contribution in [0.4, 0.5) is 5.69 Å². The Bertz CT molecular complexity index is 663. The van der Waals surface area contributed by atoms with Crippen LogP contribution in [0.5, 0.6) is 0 Å². The lowest BCUT2D eigenvalue weighted by Crippen LogP contribution is -2.40. The van der Waals surface area contributed by atoms with Crippen LogP contribution in [-0.2, 0) is 17.6 Å². The number of rotatable bonds is 8. The highest BCUT2D eigenvalue weighted by Gasteiger charge is 2.32. The molecule has 0 aromatic heterocycles. The molecule has 2 aliphatic rings. The highest BCUT2D eigenvalue weighted by molar-refractivity contribution is 9.09. The van der Waals surface area contributed by atoms with E-state index in [2.05, 4.69) is 59.8 Å². The van der Waals surface area contributed by atoms with Crippen molar-refractivity contribution in [3.63, 3.8) is 0 Å². The lowest BCUT2D eigenvalue weighted by atomic mass is 9.79. The van der Waals surface area contributed by atoms with Crippen LogP contribution in [0.2, 0.25) is 0 Å². The molecule has 0 saturated heterocycles. The van der Waals surface area contributed by atoms with Gasteiger partial charge in [-0.25, -0.2) is 0 Å². The average molecular weight is 463 g/mol. The first-order chi connectivity index (χ1) is 14.0. The average Bonchev–Trinajstić information content (AvgIpc) is 2.71. The molecule has 1 aliphatic carbocycles. The fourth-order valence-corrected chi connectivity index (χ4v) is 6.39. The van der Waals surface area contributed by atoms with E-state index in [-0.39, 0.29) is 5.92 Å². The van der Waals surface area contributed by atoms with Crippen molar-refractivity contribution in [2.45, 2.75) is 96.2 Å².